The Balaban J connectivity index is 2.10. The molecule has 0 spiro atoms. The van der Waals surface area contributed by atoms with Crippen molar-refractivity contribution < 1.29 is 9.90 Å². The minimum absolute atomic E-state index is 0.111. The maximum Gasteiger partial charge on any atom is 0.261 e. The first kappa shape index (κ1) is 12.8. The highest BCUT2D eigenvalue weighted by Gasteiger charge is 2.15. The minimum Gasteiger partial charge on any atom is -0.394 e. The zero-order chi connectivity index (χ0) is 13.0. The molecule has 0 radical (unpaired) electrons. The molecule has 0 bridgehead atoms. The number of aliphatic hydroxyl groups excluding tert-OH is 1. The largest absolute Gasteiger partial charge is 0.394 e. The number of aliphatic hydroxyl groups is 1. The van der Waals surface area contributed by atoms with Crippen LogP contribution < -0.4 is 5.32 Å². The summed E-state index contributed by atoms with van der Waals surface area (Å²) in [4.78, 5) is 13.8. The van der Waals surface area contributed by atoms with E-state index in [2.05, 4.69) is 5.32 Å². The number of carbonyl (C=O) groups is 1. The summed E-state index contributed by atoms with van der Waals surface area (Å²) in [5.41, 5.74) is 0.904. The maximum absolute atomic E-state index is 12.0. The van der Waals surface area contributed by atoms with Crippen LogP contribution in [0.2, 0.25) is 0 Å². The quantitative estimate of drug-likeness (QED) is 0.888. The van der Waals surface area contributed by atoms with Crippen LogP contribution in [0.5, 0.6) is 0 Å². The van der Waals surface area contributed by atoms with Gasteiger partial charge in [-0.15, -0.1) is 11.3 Å². The van der Waals surface area contributed by atoms with E-state index >= 15 is 0 Å². The van der Waals surface area contributed by atoms with Crippen molar-refractivity contribution in [2.24, 2.45) is 0 Å². The molecule has 1 atom stereocenters. The Kier molecular flexibility index (Phi) is 4.12. The van der Waals surface area contributed by atoms with Gasteiger partial charge in [0.25, 0.3) is 5.91 Å². The van der Waals surface area contributed by atoms with Crippen molar-refractivity contribution in [2.75, 3.05) is 6.61 Å². The summed E-state index contributed by atoms with van der Waals surface area (Å²) in [5.74, 6) is -0.143. The number of nitrogens with one attached hydrogen (secondary N) is 1. The van der Waals surface area contributed by atoms with Crippen molar-refractivity contribution in [1.82, 2.24) is 5.32 Å². The highest BCUT2D eigenvalue weighted by atomic mass is 32.1. The number of carbonyl (C=O) groups excluding carboxylic acids is 1. The van der Waals surface area contributed by atoms with Crippen LogP contribution in [0.3, 0.4) is 0 Å². The van der Waals surface area contributed by atoms with Crippen LogP contribution >= 0.6 is 11.3 Å². The Morgan fingerprint density at radius 2 is 2.00 bits per heavy atom. The van der Waals surface area contributed by atoms with E-state index in [9.17, 15) is 9.90 Å². The standard InChI is InChI=1S/C14H15NO2S/c1-10-7-8-13(18-10)14(17)15-12(9-16)11-5-3-2-4-6-11/h2-8,12,16H,9H2,1H3,(H,15,17). The van der Waals surface area contributed by atoms with Gasteiger partial charge in [-0.05, 0) is 24.6 Å². The molecule has 0 aliphatic rings. The first-order chi connectivity index (χ1) is 8.70. The predicted octanol–water partition coefficient (Wildman–Crippen LogP) is 2.52. The molecule has 18 heavy (non-hydrogen) atoms. The van der Waals surface area contributed by atoms with Crippen molar-refractivity contribution >= 4 is 17.2 Å². The molecule has 0 saturated heterocycles. The molecule has 1 aromatic carbocycles. The summed E-state index contributed by atoms with van der Waals surface area (Å²) in [5, 5.41) is 12.2. The van der Waals surface area contributed by atoms with E-state index < -0.39 is 0 Å². The van der Waals surface area contributed by atoms with Crippen LogP contribution in [0.15, 0.2) is 42.5 Å². The average molecular weight is 261 g/mol. The van der Waals surface area contributed by atoms with Crippen molar-refractivity contribution in [3.05, 3.63) is 57.8 Å². The molecular weight excluding hydrogens is 246 g/mol. The second kappa shape index (κ2) is 5.80. The Bertz CT molecular complexity index is 522. The van der Waals surface area contributed by atoms with Gasteiger partial charge < -0.3 is 10.4 Å². The Hall–Kier alpha value is -1.65. The molecule has 0 aliphatic heterocycles. The minimum atomic E-state index is -0.360. The van der Waals surface area contributed by atoms with Gasteiger partial charge in [0.15, 0.2) is 0 Å². The van der Waals surface area contributed by atoms with Gasteiger partial charge in [0, 0.05) is 4.88 Å². The smallest absolute Gasteiger partial charge is 0.261 e. The van der Waals surface area contributed by atoms with Gasteiger partial charge in [-0.3, -0.25) is 4.79 Å². The van der Waals surface area contributed by atoms with Crippen molar-refractivity contribution in [2.45, 2.75) is 13.0 Å². The molecule has 2 N–H and O–H groups in total. The summed E-state index contributed by atoms with van der Waals surface area (Å²) in [7, 11) is 0. The molecular formula is C14H15NO2S. The van der Waals surface area contributed by atoms with Gasteiger partial charge in [0.2, 0.25) is 0 Å². The number of amides is 1. The van der Waals surface area contributed by atoms with Crippen LogP contribution in [0.4, 0.5) is 0 Å². The molecule has 2 aromatic rings. The third kappa shape index (κ3) is 2.97. The van der Waals surface area contributed by atoms with Crippen LogP contribution in [-0.4, -0.2) is 17.6 Å². The van der Waals surface area contributed by atoms with E-state index in [1.165, 1.54) is 11.3 Å². The lowest BCUT2D eigenvalue weighted by Crippen LogP contribution is -2.30. The monoisotopic (exact) mass is 261 g/mol. The molecule has 1 heterocycles. The third-order valence-corrected chi connectivity index (χ3v) is 3.65. The lowest BCUT2D eigenvalue weighted by Gasteiger charge is -2.16. The first-order valence-electron chi connectivity index (χ1n) is 5.74. The molecule has 3 nitrogen and oxygen atoms in total. The summed E-state index contributed by atoms with van der Waals surface area (Å²) in [6.07, 6.45) is 0. The zero-order valence-corrected chi connectivity index (χ0v) is 10.9. The lowest BCUT2D eigenvalue weighted by atomic mass is 10.1. The average Bonchev–Trinajstić information content (AvgIpc) is 2.83. The molecule has 1 aromatic heterocycles. The third-order valence-electron chi connectivity index (χ3n) is 2.65. The molecule has 4 heteroatoms. The van der Waals surface area contributed by atoms with Gasteiger partial charge in [0.05, 0.1) is 17.5 Å². The zero-order valence-electron chi connectivity index (χ0n) is 10.1. The summed E-state index contributed by atoms with van der Waals surface area (Å²) >= 11 is 1.45. The number of benzene rings is 1. The highest BCUT2D eigenvalue weighted by molar-refractivity contribution is 7.13. The summed E-state index contributed by atoms with van der Waals surface area (Å²) < 4.78 is 0. The second-order valence-electron chi connectivity index (χ2n) is 4.03. The fraction of sp³-hybridized carbons (Fsp3) is 0.214. The number of hydrogen-bond acceptors (Lipinski definition) is 3. The molecule has 0 fully saturated rings. The molecule has 94 valence electrons. The summed E-state index contributed by atoms with van der Waals surface area (Å²) in [6, 6.07) is 12.8. The van der Waals surface area contributed by atoms with Crippen LogP contribution in [0.1, 0.15) is 26.2 Å². The van der Waals surface area contributed by atoms with E-state index in [1.54, 1.807) is 6.07 Å². The van der Waals surface area contributed by atoms with Gasteiger partial charge in [-0.25, -0.2) is 0 Å². The van der Waals surface area contributed by atoms with E-state index in [4.69, 9.17) is 0 Å². The van der Waals surface area contributed by atoms with Gasteiger partial charge >= 0.3 is 0 Å². The van der Waals surface area contributed by atoms with E-state index in [0.29, 0.717) is 4.88 Å². The second-order valence-corrected chi connectivity index (χ2v) is 5.32. The molecule has 1 unspecified atom stereocenters. The number of thiophene rings is 1. The van der Waals surface area contributed by atoms with Crippen molar-refractivity contribution in [3.63, 3.8) is 0 Å². The normalized spacial score (nSPS) is 12.1. The van der Waals surface area contributed by atoms with Crippen molar-refractivity contribution in [3.8, 4) is 0 Å². The van der Waals surface area contributed by atoms with Gasteiger partial charge in [0.1, 0.15) is 0 Å². The molecule has 0 saturated carbocycles. The Morgan fingerprint density at radius 3 is 2.56 bits per heavy atom. The fourth-order valence-corrected chi connectivity index (χ4v) is 2.48. The summed E-state index contributed by atoms with van der Waals surface area (Å²) in [6.45, 7) is 1.85. The highest BCUT2D eigenvalue weighted by Crippen LogP contribution is 2.17. The number of hydrogen-bond donors (Lipinski definition) is 2. The van der Waals surface area contributed by atoms with E-state index in [1.807, 2.05) is 43.3 Å². The lowest BCUT2D eigenvalue weighted by molar-refractivity contribution is 0.0920. The Labute approximate surface area is 110 Å². The molecule has 0 aliphatic carbocycles. The first-order valence-corrected chi connectivity index (χ1v) is 6.55. The number of rotatable bonds is 4. The molecule has 1 amide bonds. The van der Waals surface area contributed by atoms with E-state index in [0.717, 1.165) is 10.4 Å². The van der Waals surface area contributed by atoms with Crippen LogP contribution in [-0.2, 0) is 0 Å². The Morgan fingerprint density at radius 1 is 1.28 bits per heavy atom. The fourth-order valence-electron chi connectivity index (χ4n) is 1.71. The van der Waals surface area contributed by atoms with Crippen LogP contribution in [0, 0.1) is 6.92 Å². The van der Waals surface area contributed by atoms with Crippen molar-refractivity contribution in [1.29, 1.82) is 0 Å². The predicted molar refractivity (Wildman–Crippen MR) is 72.8 cm³/mol. The van der Waals surface area contributed by atoms with Crippen LogP contribution in [0.25, 0.3) is 0 Å². The SMILES string of the molecule is Cc1ccc(C(=O)NC(CO)c2ccccc2)s1. The number of aryl methyl sites for hydroxylation is 1. The van der Waals surface area contributed by atoms with Gasteiger partial charge in [-0.2, -0.15) is 0 Å². The van der Waals surface area contributed by atoms with E-state index in [-0.39, 0.29) is 18.6 Å². The van der Waals surface area contributed by atoms with Gasteiger partial charge in [-0.1, -0.05) is 30.3 Å². The maximum atomic E-state index is 12.0. The topological polar surface area (TPSA) is 49.3 Å². The molecule has 2 rings (SSSR count).